The second-order valence-electron chi connectivity index (χ2n) is 4.67. The monoisotopic (exact) mass is 271 g/mol. The van der Waals surface area contributed by atoms with Crippen LogP contribution in [0.15, 0.2) is 48.7 Å². The average molecular weight is 271 g/mol. The van der Waals surface area contributed by atoms with Gasteiger partial charge in [-0.15, -0.1) is 0 Å². The minimum Gasteiger partial charge on any atom is -0.350 e. The quantitative estimate of drug-likeness (QED) is 0.808. The van der Waals surface area contributed by atoms with Gasteiger partial charge < -0.3 is 15.2 Å². The number of rotatable bonds is 7. The van der Waals surface area contributed by atoms with Gasteiger partial charge in [0, 0.05) is 25.0 Å². The molecule has 0 fully saturated rings. The van der Waals surface area contributed by atoms with Crippen molar-refractivity contribution in [1.29, 1.82) is 0 Å². The van der Waals surface area contributed by atoms with Crippen molar-refractivity contribution in [3.05, 3.63) is 59.9 Å². The lowest BCUT2D eigenvalue weighted by molar-refractivity contribution is -0.121. The van der Waals surface area contributed by atoms with Gasteiger partial charge in [0.1, 0.15) is 6.54 Å². The zero-order chi connectivity index (χ0) is 14.2. The molecule has 106 valence electrons. The van der Waals surface area contributed by atoms with Crippen LogP contribution in [0.3, 0.4) is 0 Å². The average Bonchev–Trinajstić information content (AvgIpc) is 2.91. The van der Waals surface area contributed by atoms with Gasteiger partial charge in [0.25, 0.3) is 0 Å². The molecule has 2 aromatic rings. The first-order chi connectivity index (χ1) is 9.79. The minimum atomic E-state index is 0.0304. The number of hydrogen-bond acceptors (Lipinski definition) is 2. The van der Waals surface area contributed by atoms with Gasteiger partial charge in [0.2, 0.25) is 5.91 Å². The first kappa shape index (κ1) is 14.3. The van der Waals surface area contributed by atoms with Crippen LogP contribution >= 0.6 is 0 Å². The molecule has 2 rings (SSSR count). The van der Waals surface area contributed by atoms with Gasteiger partial charge in [-0.25, -0.2) is 0 Å². The van der Waals surface area contributed by atoms with Crippen LogP contribution in [0.4, 0.5) is 0 Å². The van der Waals surface area contributed by atoms with E-state index in [2.05, 4.69) is 17.6 Å². The van der Waals surface area contributed by atoms with E-state index >= 15 is 0 Å². The maximum absolute atomic E-state index is 12.0. The minimum absolute atomic E-state index is 0.0304. The SMILES string of the molecule is CCNCc1cccn1CC(=O)NCc1ccccc1. The van der Waals surface area contributed by atoms with Crippen molar-refractivity contribution in [3.8, 4) is 0 Å². The Balaban J connectivity index is 1.84. The molecule has 1 amide bonds. The lowest BCUT2D eigenvalue weighted by Crippen LogP contribution is -2.28. The smallest absolute Gasteiger partial charge is 0.240 e. The molecule has 0 radical (unpaired) electrons. The van der Waals surface area contributed by atoms with Crippen LogP contribution in [-0.2, 0) is 24.4 Å². The molecule has 0 bridgehead atoms. The fourth-order valence-corrected chi connectivity index (χ4v) is 2.02. The lowest BCUT2D eigenvalue weighted by Gasteiger charge is -2.10. The van der Waals surface area contributed by atoms with Crippen molar-refractivity contribution in [2.75, 3.05) is 6.54 Å². The van der Waals surface area contributed by atoms with E-state index < -0.39 is 0 Å². The Morgan fingerprint density at radius 2 is 1.90 bits per heavy atom. The van der Waals surface area contributed by atoms with Crippen molar-refractivity contribution >= 4 is 5.91 Å². The Kier molecular flexibility index (Phi) is 5.38. The molecule has 0 aliphatic rings. The molecule has 2 N–H and O–H groups in total. The number of aromatic nitrogens is 1. The molecule has 0 aliphatic heterocycles. The van der Waals surface area contributed by atoms with Gasteiger partial charge >= 0.3 is 0 Å². The molecular weight excluding hydrogens is 250 g/mol. The van der Waals surface area contributed by atoms with Gasteiger partial charge in [-0.1, -0.05) is 37.3 Å². The molecule has 0 saturated carbocycles. The third kappa shape index (κ3) is 4.24. The van der Waals surface area contributed by atoms with Crippen molar-refractivity contribution < 1.29 is 4.79 Å². The lowest BCUT2D eigenvalue weighted by atomic mass is 10.2. The molecule has 0 atom stereocenters. The van der Waals surface area contributed by atoms with Crippen molar-refractivity contribution in [1.82, 2.24) is 15.2 Å². The zero-order valence-corrected chi connectivity index (χ0v) is 11.8. The van der Waals surface area contributed by atoms with E-state index in [4.69, 9.17) is 0 Å². The largest absolute Gasteiger partial charge is 0.350 e. The van der Waals surface area contributed by atoms with Gasteiger partial charge in [-0.05, 0) is 24.2 Å². The standard InChI is InChI=1S/C16H21N3O/c1-2-17-12-15-9-6-10-19(15)13-16(20)18-11-14-7-4-3-5-8-14/h3-10,17H,2,11-13H2,1H3,(H,18,20). The van der Waals surface area contributed by atoms with Crippen LogP contribution in [0.2, 0.25) is 0 Å². The number of hydrogen-bond donors (Lipinski definition) is 2. The Bertz CT molecular complexity index is 534. The van der Waals surface area contributed by atoms with Gasteiger partial charge in [0.05, 0.1) is 0 Å². The number of nitrogens with one attached hydrogen (secondary N) is 2. The summed E-state index contributed by atoms with van der Waals surface area (Å²) >= 11 is 0. The normalized spacial score (nSPS) is 10.4. The van der Waals surface area contributed by atoms with Crippen LogP contribution in [-0.4, -0.2) is 17.0 Å². The molecule has 1 aromatic carbocycles. The van der Waals surface area contributed by atoms with E-state index in [-0.39, 0.29) is 5.91 Å². The zero-order valence-electron chi connectivity index (χ0n) is 11.8. The highest BCUT2D eigenvalue weighted by atomic mass is 16.1. The Labute approximate surface area is 119 Å². The summed E-state index contributed by atoms with van der Waals surface area (Å²) in [6, 6.07) is 13.9. The van der Waals surface area contributed by atoms with Gasteiger partial charge in [-0.2, -0.15) is 0 Å². The fraction of sp³-hybridized carbons (Fsp3) is 0.312. The second kappa shape index (κ2) is 7.50. The van der Waals surface area contributed by atoms with Crippen molar-refractivity contribution in [2.24, 2.45) is 0 Å². The Morgan fingerprint density at radius 3 is 2.65 bits per heavy atom. The molecule has 1 aromatic heterocycles. The molecule has 20 heavy (non-hydrogen) atoms. The molecule has 0 saturated heterocycles. The van der Waals surface area contributed by atoms with Crippen LogP contribution in [0.5, 0.6) is 0 Å². The van der Waals surface area contributed by atoms with Crippen LogP contribution in [0.1, 0.15) is 18.2 Å². The number of carbonyl (C=O) groups excluding carboxylic acids is 1. The molecule has 0 unspecified atom stereocenters. The predicted molar refractivity (Wildman–Crippen MR) is 80.1 cm³/mol. The summed E-state index contributed by atoms with van der Waals surface area (Å²) in [7, 11) is 0. The summed E-state index contributed by atoms with van der Waals surface area (Å²) in [5, 5.41) is 6.21. The van der Waals surface area contributed by atoms with E-state index in [1.165, 1.54) is 0 Å². The molecule has 0 aliphatic carbocycles. The molecule has 4 nitrogen and oxygen atoms in total. The van der Waals surface area contributed by atoms with E-state index in [1.807, 2.05) is 53.2 Å². The fourth-order valence-electron chi connectivity index (χ4n) is 2.02. The predicted octanol–water partition coefficient (Wildman–Crippen LogP) is 1.91. The van der Waals surface area contributed by atoms with Gasteiger partial charge in [-0.3, -0.25) is 4.79 Å². The molecule has 0 spiro atoms. The summed E-state index contributed by atoms with van der Waals surface area (Å²) in [4.78, 5) is 12.0. The summed E-state index contributed by atoms with van der Waals surface area (Å²) in [6.45, 7) is 4.71. The highest BCUT2D eigenvalue weighted by Crippen LogP contribution is 2.02. The Hall–Kier alpha value is -2.07. The number of benzene rings is 1. The number of carbonyl (C=O) groups is 1. The van der Waals surface area contributed by atoms with Crippen LogP contribution < -0.4 is 10.6 Å². The number of amides is 1. The topological polar surface area (TPSA) is 46.1 Å². The van der Waals surface area contributed by atoms with Crippen LogP contribution in [0, 0.1) is 0 Å². The summed E-state index contributed by atoms with van der Waals surface area (Å²) in [6.07, 6.45) is 1.94. The maximum atomic E-state index is 12.0. The van der Waals surface area contributed by atoms with Crippen LogP contribution in [0.25, 0.3) is 0 Å². The molecule has 4 heteroatoms. The van der Waals surface area contributed by atoms with E-state index in [0.717, 1.165) is 24.3 Å². The van der Waals surface area contributed by atoms with E-state index in [9.17, 15) is 4.79 Å². The van der Waals surface area contributed by atoms with E-state index in [1.54, 1.807) is 0 Å². The molecular formula is C16H21N3O. The number of nitrogens with zero attached hydrogens (tertiary/aromatic N) is 1. The molecule has 1 heterocycles. The van der Waals surface area contributed by atoms with E-state index in [0.29, 0.717) is 13.1 Å². The highest BCUT2D eigenvalue weighted by molar-refractivity contribution is 5.75. The highest BCUT2D eigenvalue weighted by Gasteiger charge is 2.05. The first-order valence-electron chi connectivity index (χ1n) is 6.95. The Morgan fingerprint density at radius 1 is 1.10 bits per heavy atom. The summed E-state index contributed by atoms with van der Waals surface area (Å²) in [5.74, 6) is 0.0304. The second-order valence-corrected chi connectivity index (χ2v) is 4.67. The van der Waals surface area contributed by atoms with Crippen molar-refractivity contribution in [2.45, 2.75) is 26.6 Å². The third-order valence-electron chi connectivity index (χ3n) is 3.13. The maximum Gasteiger partial charge on any atom is 0.240 e. The van der Waals surface area contributed by atoms with Gasteiger partial charge in [0.15, 0.2) is 0 Å². The third-order valence-corrected chi connectivity index (χ3v) is 3.13. The summed E-state index contributed by atoms with van der Waals surface area (Å²) < 4.78 is 1.98. The summed E-state index contributed by atoms with van der Waals surface area (Å²) in [5.41, 5.74) is 2.24. The first-order valence-corrected chi connectivity index (χ1v) is 6.95. The van der Waals surface area contributed by atoms with Crippen molar-refractivity contribution in [3.63, 3.8) is 0 Å².